The maximum absolute atomic E-state index is 12.4. The summed E-state index contributed by atoms with van der Waals surface area (Å²) in [7, 11) is 0. The van der Waals surface area contributed by atoms with E-state index in [0.29, 0.717) is 21.8 Å². The minimum absolute atomic E-state index is 0.129. The Kier molecular flexibility index (Phi) is 3.56. The smallest absolute Gasteiger partial charge is 0.248 e. The molecule has 0 bridgehead atoms. The van der Waals surface area contributed by atoms with Crippen LogP contribution in [-0.2, 0) is 0 Å². The van der Waals surface area contributed by atoms with Crippen molar-refractivity contribution in [1.29, 1.82) is 0 Å². The molecule has 110 valence electrons. The fourth-order valence-corrected chi connectivity index (χ4v) is 2.32. The van der Waals surface area contributed by atoms with Gasteiger partial charge in [-0.1, -0.05) is 11.6 Å². The van der Waals surface area contributed by atoms with Crippen LogP contribution >= 0.6 is 11.6 Å². The average molecular weight is 315 g/mol. The largest absolute Gasteiger partial charge is 0.507 e. The zero-order chi connectivity index (χ0) is 15.7. The van der Waals surface area contributed by atoms with Crippen molar-refractivity contribution in [2.24, 2.45) is 0 Å². The lowest BCUT2D eigenvalue weighted by atomic mass is 10.0. The molecular weight excluding hydrogens is 304 g/mol. The second-order valence-electron chi connectivity index (χ2n) is 4.73. The summed E-state index contributed by atoms with van der Waals surface area (Å²) in [6.45, 7) is 0. The summed E-state index contributed by atoms with van der Waals surface area (Å²) in [5.41, 5.74) is 1.57. The number of pyridine rings is 1. The molecule has 0 aliphatic heterocycles. The Bertz CT molecular complexity index is 912. The number of aromatic amines is 2. The number of aromatic hydroxyl groups is 1. The van der Waals surface area contributed by atoms with Crippen LogP contribution in [0, 0.1) is 0 Å². The van der Waals surface area contributed by atoms with Crippen LogP contribution in [-0.4, -0.2) is 20.9 Å². The van der Waals surface area contributed by atoms with Crippen LogP contribution in [0.3, 0.4) is 0 Å². The Hall–Kier alpha value is -2.79. The van der Waals surface area contributed by atoms with Gasteiger partial charge in [-0.15, -0.1) is 0 Å². The highest BCUT2D eigenvalue weighted by Gasteiger charge is 2.16. The first-order valence-corrected chi connectivity index (χ1v) is 6.83. The Balaban J connectivity index is 1.98. The number of rotatable bonds is 3. The van der Waals surface area contributed by atoms with Gasteiger partial charge < -0.3 is 15.1 Å². The van der Waals surface area contributed by atoms with Crippen molar-refractivity contribution in [1.82, 2.24) is 9.97 Å². The number of aromatic nitrogens is 2. The second kappa shape index (κ2) is 5.54. The molecule has 0 aliphatic rings. The molecule has 0 spiro atoms. The number of benzene rings is 1. The summed E-state index contributed by atoms with van der Waals surface area (Å²) >= 11 is 5.86. The third-order valence-electron chi connectivity index (χ3n) is 3.23. The standard InChI is InChI=1S/C16H11ClN2O3/c17-11-1-2-14(20)12(7-11)16(22)10-5-13(19-8-10)9-3-4-18-15(21)6-9/h1-8,19-20H,(H,18,21). The number of carbonyl (C=O) groups is 1. The average Bonchev–Trinajstić information content (AvgIpc) is 2.99. The Labute approximate surface area is 130 Å². The molecule has 2 heterocycles. The third kappa shape index (κ3) is 2.66. The molecule has 3 aromatic rings. The third-order valence-corrected chi connectivity index (χ3v) is 3.47. The molecule has 0 saturated heterocycles. The van der Waals surface area contributed by atoms with Crippen molar-refractivity contribution in [3.63, 3.8) is 0 Å². The zero-order valence-corrected chi connectivity index (χ0v) is 12.0. The molecule has 3 rings (SSSR count). The maximum Gasteiger partial charge on any atom is 0.248 e. The predicted octanol–water partition coefficient (Wildman–Crippen LogP) is 2.96. The van der Waals surface area contributed by atoms with Crippen LogP contribution in [0.2, 0.25) is 5.02 Å². The van der Waals surface area contributed by atoms with Crippen molar-refractivity contribution in [2.75, 3.05) is 0 Å². The maximum atomic E-state index is 12.4. The molecular formula is C16H11ClN2O3. The van der Waals surface area contributed by atoms with Gasteiger partial charge in [-0.05, 0) is 30.3 Å². The van der Waals surface area contributed by atoms with E-state index in [9.17, 15) is 14.7 Å². The van der Waals surface area contributed by atoms with Crippen molar-refractivity contribution >= 4 is 17.4 Å². The molecule has 0 unspecified atom stereocenters. The fraction of sp³-hybridized carbons (Fsp3) is 0. The lowest BCUT2D eigenvalue weighted by molar-refractivity contribution is 0.103. The van der Waals surface area contributed by atoms with Crippen molar-refractivity contribution in [2.45, 2.75) is 0 Å². The van der Waals surface area contributed by atoms with Crippen LogP contribution in [0.4, 0.5) is 0 Å². The summed E-state index contributed by atoms with van der Waals surface area (Å²) in [6.07, 6.45) is 3.06. The summed E-state index contributed by atoms with van der Waals surface area (Å²) < 4.78 is 0. The van der Waals surface area contributed by atoms with E-state index < -0.39 is 0 Å². The number of carbonyl (C=O) groups excluding carboxylic acids is 1. The van der Waals surface area contributed by atoms with Gasteiger partial charge in [-0.25, -0.2) is 0 Å². The molecule has 0 radical (unpaired) electrons. The van der Waals surface area contributed by atoms with Gasteiger partial charge in [0.15, 0.2) is 5.78 Å². The highest BCUT2D eigenvalue weighted by Crippen LogP contribution is 2.26. The Morgan fingerprint density at radius 3 is 2.68 bits per heavy atom. The molecule has 0 fully saturated rings. The van der Waals surface area contributed by atoms with Gasteiger partial charge in [-0.2, -0.15) is 0 Å². The van der Waals surface area contributed by atoms with Crippen LogP contribution in [0.15, 0.2) is 53.6 Å². The molecule has 22 heavy (non-hydrogen) atoms. The first-order valence-electron chi connectivity index (χ1n) is 6.45. The molecule has 2 aromatic heterocycles. The number of halogens is 1. The molecule has 3 N–H and O–H groups in total. The summed E-state index contributed by atoms with van der Waals surface area (Å²) in [5, 5.41) is 10.2. The minimum atomic E-state index is -0.354. The van der Waals surface area contributed by atoms with Crippen molar-refractivity contribution in [3.05, 3.63) is 75.3 Å². The summed E-state index contributed by atoms with van der Waals surface area (Å²) in [4.78, 5) is 29.2. The predicted molar refractivity (Wildman–Crippen MR) is 83.4 cm³/mol. The molecule has 5 nitrogen and oxygen atoms in total. The second-order valence-corrected chi connectivity index (χ2v) is 5.17. The quantitative estimate of drug-likeness (QED) is 0.650. The number of phenols is 1. The highest BCUT2D eigenvalue weighted by atomic mass is 35.5. The van der Waals surface area contributed by atoms with E-state index in [4.69, 9.17) is 11.6 Å². The molecule has 0 amide bonds. The monoisotopic (exact) mass is 314 g/mol. The molecule has 0 atom stereocenters. The van der Waals surface area contributed by atoms with E-state index in [1.54, 1.807) is 12.1 Å². The number of hydrogen-bond donors (Lipinski definition) is 3. The van der Waals surface area contributed by atoms with Gasteiger partial charge >= 0.3 is 0 Å². The number of H-pyrrole nitrogens is 2. The molecule has 6 heteroatoms. The number of hydrogen-bond acceptors (Lipinski definition) is 3. The fourth-order valence-electron chi connectivity index (χ4n) is 2.15. The van der Waals surface area contributed by atoms with Gasteiger partial charge in [0, 0.05) is 40.3 Å². The summed E-state index contributed by atoms with van der Waals surface area (Å²) in [6, 6.07) is 9.07. The SMILES string of the molecule is O=C(c1c[nH]c(-c2cc[nH]c(=O)c2)c1)c1cc(Cl)ccc1O. The summed E-state index contributed by atoms with van der Waals surface area (Å²) in [5.74, 6) is -0.486. The number of ketones is 1. The lowest BCUT2D eigenvalue weighted by Crippen LogP contribution is -2.02. The van der Waals surface area contributed by atoms with Crippen molar-refractivity contribution < 1.29 is 9.90 Å². The topological polar surface area (TPSA) is 86.0 Å². The van der Waals surface area contributed by atoms with E-state index in [1.165, 1.54) is 36.7 Å². The molecule has 0 saturated carbocycles. The first kappa shape index (κ1) is 14.2. The van der Waals surface area contributed by atoms with E-state index in [0.717, 1.165) is 0 Å². The lowest BCUT2D eigenvalue weighted by Gasteiger charge is -2.02. The van der Waals surface area contributed by atoms with Crippen LogP contribution in [0.5, 0.6) is 5.75 Å². The highest BCUT2D eigenvalue weighted by molar-refractivity contribution is 6.31. The Morgan fingerprint density at radius 1 is 1.09 bits per heavy atom. The minimum Gasteiger partial charge on any atom is -0.507 e. The number of phenolic OH excluding ortho intramolecular Hbond substituents is 1. The first-order chi connectivity index (χ1) is 10.5. The van der Waals surface area contributed by atoms with Crippen LogP contribution < -0.4 is 5.56 Å². The molecule has 0 aliphatic carbocycles. The van der Waals surface area contributed by atoms with Gasteiger partial charge in [0.2, 0.25) is 5.56 Å². The van der Waals surface area contributed by atoms with Gasteiger partial charge in [0.25, 0.3) is 0 Å². The van der Waals surface area contributed by atoms with E-state index in [-0.39, 0.29) is 22.7 Å². The van der Waals surface area contributed by atoms with Crippen LogP contribution in [0.25, 0.3) is 11.3 Å². The zero-order valence-electron chi connectivity index (χ0n) is 11.3. The molecule has 1 aromatic carbocycles. The number of nitrogens with one attached hydrogen (secondary N) is 2. The van der Waals surface area contributed by atoms with E-state index in [2.05, 4.69) is 9.97 Å². The van der Waals surface area contributed by atoms with Gasteiger partial charge in [0.1, 0.15) is 5.75 Å². The van der Waals surface area contributed by atoms with Crippen molar-refractivity contribution in [3.8, 4) is 17.0 Å². The Morgan fingerprint density at radius 2 is 1.91 bits per heavy atom. The van der Waals surface area contributed by atoms with Crippen LogP contribution in [0.1, 0.15) is 15.9 Å². The normalized spacial score (nSPS) is 10.6. The van der Waals surface area contributed by atoms with Gasteiger partial charge in [0.05, 0.1) is 5.56 Å². The van der Waals surface area contributed by atoms with E-state index >= 15 is 0 Å². The van der Waals surface area contributed by atoms with Gasteiger partial charge in [-0.3, -0.25) is 9.59 Å². The van der Waals surface area contributed by atoms with E-state index in [1.807, 2.05) is 0 Å².